The van der Waals surface area contributed by atoms with Crippen molar-refractivity contribution in [1.82, 2.24) is 4.57 Å². The van der Waals surface area contributed by atoms with E-state index in [-0.39, 0.29) is 0 Å². The van der Waals surface area contributed by atoms with E-state index in [9.17, 15) is 0 Å². The molecule has 1 aliphatic rings. The van der Waals surface area contributed by atoms with Crippen molar-refractivity contribution in [3.63, 3.8) is 0 Å². The number of aryl methyl sites for hydroxylation is 1. The number of para-hydroxylation sites is 1. The van der Waals surface area contributed by atoms with Crippen LogP contribution in [-0.2, 0) is 7.05 Å². The average molecular weight is 370 g/mol. The van der Waals surface area contributed by atoms with Crippen molar-refractivity contribution in [2.45, 2.75) is 38.0 Å². The molecule has 0 bridgehead atoms. The maximum absolute atomic E-state index is 2.46. The van der Waals surface area contributed by atoms with Crippen molar-refractivity contribution < 1.29 is 0 Å². The zero-order chi connectivity index (χ0) is 18.0. The minimum Gasteiger partial charge on any atom is -0.343 e. The summed E-state index contributed by atoms with van der Waals surface area (Å²) in [4.78, 5) is 0. The molecule has 1 saturated carbocycles. The van der Waals surface area contributed by atoms with Gasteiger partial charge in [-0.1, -0.05) is 55.7 Å². The van der Waals surface area contributed by atoms with E-state index in [0.717, 1.165) is 5.92 Å². The molecule has 1 fully saturated rings. The molecule has 1 aliphatic carbocycles. The van der Waals surface area contributed by atoms with Crippen molar-refractivity contribution in [3.05, 3.63) is 60.2 Å². The summed E-state index contributed by atoms with van der Waals surface area (Å²) in [7, 11) is 2.26. The Morgan fingerprint density at radius 1 is 0.778 bits per heavy atom. The van der Waals surface area contributed by atoms with E-state index in [4.69, 9.17) is 0 Å². The number of hydrogen-bond acceptors (Lipinski definition) is 1. The van der Waals surface area contributed by atoms with Crippen LogP contribution >= 0.6 is 11.3 Å². The van der Waals surface area contributed by atoms with Crippen LogP contribution in [0.4, 0.5) is 0 Å². The van der Waals surface area contributed by atoms with E-state index in [1.54, 1.807) is 5.56 Å². The van der Waals surface area contributed by atoms with Crippen molar-refractivity contribution >= 4 is 53.3 Å². The summed E-state index contributed by atoms with van der Waals surface area (Å²) in [5.74, 6) is 0.729. The van der Waals surface area contributed by atoms with E-state index in [0.29, 0.717) is 0 Å². The highest BCUT2D eigenvalue weighted by Gasteiger charge is 2.21. The lowest BCUT2D eigenvalue weighted by atomic mass is 9.83. The number of thiophene rings is 1. The van der Waals surface area contributed by atoms with Crippen molar-refractivity contribution in [2.75, 3.05) is 0 Å². The zero-order valence-electron chi connectivity index (χ0n) is 15.7. The zero-order valence-corrected chi connectivity index (χ0v) is 16.5. The Morgan fingerprint density at radius 3 is 2.48 bits per heavy atom. The lowest BCUT2D eigenvalue weighted by Crippen LogP contribution is -2.06. The molecule has 0 atom stereocenters. The molecule has 2 heteroatoms. The second-order valence-corrected chi connectivity index (χ2v) is 9.18. The minimum absolute atomic E-state index is 0.729. The number of hydrogen-bond donors (Lipinski definition) is 0. The van der Waals surface area contributed by atoms with Gasteiger partial charge < -0.3 is 4.57 Å². The van der Waals surface area contributed by atoms with Crippen molar-refractivity contribution in [2.24, 2.45) is 7.05 Å². The Kier molecular flexibility index (Phi) is 3.40. The number of rotatable bonds is 1. The summed E-state index contributed by atoms with van der Waals surface area (Å²) >= 11 is 1.92. The normalized spacial score (nSPS) is 16.2. The summed E-state index contributed by atoms with van der Waals surface area (Å²) in [6.45, 7) is 0. The number of nitrogens with zero attached hydrogens (tertiary/aromatic N) is 1. The highest BCUT2D eigenvalue weighted by atomic mass is 32.1. The molecular formula is C25H23NS. The first-order valence-electron chi connectivity index (χ1n) is 10.1. The van der Waals surface area contributed by atoms with E-state index in [1.807, 2.05) is 11.3 Å². The molecular weight excluding hydrogens is 346 g/mol. The topological polar surface area (TPSA) is 4.93 Å². The Morgan fingerprint density at radius 2 is 1.59 bits per heavy atom. The van der Waals surface area contributed by atoms with Crippen LogP contribution in [0.3, 0.4) is 0 Å². The van der Waals surface area contributed by atoms with Gasteiger partial charge in [-0.3, -0.25) is 0 Å². The van der Waals surface area contributed by atoms with Gasteiger partial charge in [0.05, 0.1) is 5.52 Å². The molecule has 0 radical (unpaired) electrons. The third-order valence-corrected chi connectivity index (χ3v) is 7.73. The Balaban J connectivity index is 1.70. The SMILES string of the molecule is Cn1c2cc3c(cc2c2cccc(C4CCCCC4)c21)sc1ccccc13. The predicted octanol–water partition coefficient (Wildman–Crippen LogP) is 7.75. The van der Waals surface area contributed by atoms with Gasteiger partial charge in [0.15, 0.2) is 0 Å². The quantitative estimate of drug-likeness (QED) is 0.285. The van der Waals surface area contributed by atoms with Gasteiger partial charge in [-0.15, -0.1) is 11.3 Å². The second-order valence-electron chi connectivity index (χ2n) is 8.10. The van der Waals surface area contributed by atoms with Crippen molar-refractivity contribution in [3.8, 4) is 0 Å². The lowest BCUT2D eigenvalue weighted by Gasteiger charge is -2.23. The van der Waals surface area contributed by atoms with E-state index in [2.05, 4.69) is 66.2 Å². The average Bonchev–Trinajstić information content (AvgIpc) is 3.23. The summed E-state index contributed by atoms with van der Waals surface area (Å²) in [5.41, 5.74) is 4.39. The molecule has 134 valence electrons. The van der Waals surface area contributed by atoms with Gasteiger partial charge in [-0.25, -0.2) is 0 Å². The monoisotopic (exact) mass is 369 g/mol. The molecule has 1 nitrogen and oxygen atoms in total. The molecule has 27 heavy (non-hydrogen) atoms. The molecule has 0 N–H and O–H groups in total. The molecule has 5 aromatic rings. The number of benzene rings is 3. The third-order valence-electron chi connectivity index (χ3n) is 6.59. The van der Waals surface area contributed by atoms with Gasteiger partial charge in [0, 0.05) is 43.5 Å². The molecule has 2 heterocycles. The molecule has 0 aliphatic heterocycles. The van der Waals surface area contributed by atoms with Gasteiger partial charge in [0.25, 0.3) is 0 Å². The molecule has 0 saturated heterocycles. The van der Waals surface area contributed by atoms with Crippen LogP contribution in [0.1, 0.15) is 43.6 Å². The highest BCUT2D eigenvalue weighted by molar-refractivity contribution is 7.25. The van der Waals surface area contributed by atoms with Gasteiger partial charge in [0.2, 0.25) is 0 Å². The Labute approximate surface area is 163 Å². The third kappa shape index (κ3) is 2.23. The van der Waals surface area contributed by atoms with Crippen LogP contribution in [0.25, 0.3) is 42.0 Å². The Bertz CT molecular complexity index is 1310. The number of fused-ring (bicyclic) bond motifs is 6. The maximum atomic E-state index is 2.46. The van der Waals surface area contributed by atoms with Gasteiger partial charge >= 0.3 is 0 Å². The second kappa shape index (κ2) is 5.84. The molecule has 0 amide bonds. The fourth-order valence-corrected chi connectivity index (χ4v) is 6.40. The van der Waals surface area contributed by atoms with Crippen LogP contribution in [0.2, 0.25) is 0 Å². The van der Waals surface area contributed by atoms with Crippen LogP contribution in [0.5, 0.6) is 0 Å². The first kappa shape index (κ1) is 15.7. The maximum Gasteiger partial charge on any atom is 0.0524 e. The van der Waals surface area contributed by atoms with Crippen LogP contribution in [0.15, 0.2) is 54.6 Å². The highest BCUT2D eigenvalue weighted by Crippen LogP contribution is 2.42. The standard InChI is InChI=1S/C25H23NS/c1-26-22-14-21-18-10-5-6-13-23(18)27-24(21)15-20(22)19-12-7-11-17(25(19)26)16-8-3-2-4-9-16/h5-7,10-16H,2-4,8-9H2,1H3. The van der Waals surface area contributed by atoms with Crippen LogP contribution in [-0.4, -0.2) is 4.57 Å². The summed E-state index contributed by atoms with van der Waals surface area (Å²) in [6, 6.07) is 20.6. The summed E-state index contributed by atoms with van der Waals surface area (Å²) in [6.07, 6.45) is 6.87. The summed E-state index contributed by atoms with van der Waals surface area (Å²) < 4.78 is 5.25. The first-order chi connectivity index (χ1) is 13.3. The Hall–Kier alpha value is -2.32. The van der Waals surface area contributed by atoms with Gasteiger partial charge in [0.1, 0.15) is 0 Å². The van der Waals surface area contributed by atoms with E-state index >= 15 is 0 Å². The van der Waals surface area contributed by atoms with Crippen LogP contribution in [0, 0.1) is 0 Å². The molecule has 0 unspecified atom stereocenters. The molecule has 2 aromatic heterocycles. The molecule has 0 spiro atoms. The van der Waals surface area contributed by atoms with Crippen molar-refractivity contribution in [1.29, 1.82) is 0 Å². The fourth-order valence-electron chi connectivity index (χ4n) is 5.27. The van der Waals surface area contributed by atoms with E-state index < -0.39 is 0 Å². The van der Waals surface area contributed by atoms with E-state index in [1.165, 1.54) is 74.1 Å². The molecule has 3 aromatic carbocycles. The molecule has 6 rings (SSSR count). The fraction of sp³-hybridized carbons (Fsp3) is 0.280. The smallest absolute Gasteiger partial charge is 0.0524 e. The largest absolute Gasteiger partial charge is 0.343 e. The predicted molar refractivity (Wildman–Crippen MR) is 119 cm³/mol. The minimum atomic E-state index is 0.729. The number of aromatic nitrogens is 1. The summed E-state index contributed by atoms with van der Waals surface area (Å²) in [5, 5.41) is 5.62. The first-order valence-corrected chi connectivity index (χ1v) is 11.0. The van der Waals surface area contributed by atoms with Gasteiger partial charge in [-0.05, 0) is 42.5 Å². The lowest BCUT2D eigenvalue weighted by molar-refractivity contribution is 0.445. The van der Waals surface area contributed by atoms with Crippen LogP contribution < -0.4 is 0 Å². The van der Waals surface area contributed by atoms with Gasteiger partial charge in [-0.2, -0.15) is 0 Å².